The summed E-state index contributed by atoms with van der Waals surface area (Å²) in [6.07, 6.45) is -3.56. The fourth-order valence-corrected chi connectivity index (χ4v) is 7.26. The van der Waals surface area contributed by atoms with Gasteiger partial charge in [-0.15, -0.1) is 34.7 Å². The molecule has 0 aliphatic rings. The van der Waals surface area contributed by atoms with Gasteiger partial charge < -0.3 is 9.15 Å². The molecular weight excluding hydrogens is 640 g/mol. The number of alkyl halides is 3. The highest BCUT2D eigenvalue weighted by atomic mass is 32.2. The van der Waals surface area contributed by atoms with Gasteiger partial charge in [-0.2, -0.15) is 9.22 Å². The number of hydrazine groups is 1. The largest absolute Gasteiger partial charge is 0.573 e. The van der Waals surface area contributed by atoms with Crippen molar-refractivity contribution in [1.29, 1.82) is 0 Å². The second-order valence-corrected chi connectivity index (χ2v) is 12.6. The molecule has 3 heterocycles. The summed E-state index contributed by atoms with van der Waals surface area (Å²) < 4.78 is 108. The molecule has 0 amide bonds. The van der Waals surface area contributed by atoms with Crippen molar-refractivity contribution in [3.05, 3.63) is 89.1 Å². The molecule has 3 N–H and O–H groups in total. The first-order valence-electron chi connectivity index (χ1n) is 11.9. The maximum Gasteiger partial charge on any atom is 0.573 e. The summed E-state index contributed by atoms with van der Waals surface area (Å²) in [6, 6.07) is 12.2. The van der Waals surface area contributed by atoms with E-state index in [-0.39, 0.29) is 28.9 Å². The van der Waals surface area contributed by atoms with Crippen molar-refractivity contribution in [2.45, 2.75) is 23.9 Å². The smallest absolute Gasteiger partial charge is 0.422 e. The van der Waals surface area contributed by atoms with E-state index in [1.807, 2.05) is 4.83 Å². The van der Waals surface area contributed by atoms with Gasteiger partial charge in [-0.05, 0) is 47.5 Å². The molecule has 0 radical (unpaired) electrons. The number of aromatic nitrogens is 4. The van der Waals surface area contributed by atoms with Crippen LogP contribution < -0.4 is 15.0 Å². The molecule has 5 rings (SSSR count). The third-order valence-corrected chi connectivity index (χ3v) is 9.11. The van der Waals surface area contributed by atoms with E-state index >= 15 is 0 Å². The number of benzene rings is 2. The van der Waals surface area contributed by atoms with Gasteiger partial charge in [0.2, 0.25) is 29.0 Å². The van der Waals surface area contributed by atoms with E-state index in [1.165, 1.54) is 24.4 Å². The summed E-state index contributed by atoms with van der Waals surface area (Å²) in [5, 5.41) is 6.16. The first-order valence-corrected chi connectivity index (χ1v) is 15.5. The molecule has 0 saturated heterocycles. The molecule has 2 atom stereocenters. The van der Waals surface area contributed by atoms with E-state index in [9.17, 15) is 30.2 Å². The number of rotatable bonds is 11. The second kappa shape index (κ2) is 12.4. The Balaban J connectivity index is 1.49. The summed E-state index contributed by atoms with van der Waals surface area (Å²) in [5.74, 6) is -2.26. The van der Waals surface area contributed by atoms with Crippen LogP contribution in [0.4, 0.5) is 17.6 Å². The molecule has 0 aliphatic carbocycles. The number of hydrogen-bond donors (Lipinski definition) is 3. The summed E-state index contributed by atoms with van der Waals surface area (Å²) >= 11 is -1.36. The fourth-order valence-electron chi connectivity index (χ4n) is 3.91. The Bertz CT molecular complexity index is 1870. The summed E-state index contributed by atoms with van der Waals surface area (Å²) in [7, 11) is -4.25. The predicted octanol–water partition coefficient (Wildman–Crippen LogP) is 4.21. The lowest BCUT2D eigenvalue weighted by atomic mass is 10.1. The lowest BCUT2D eigenvalue weighted by molar-refractivity contribution is -0.274. The minimum Gasteiger partial charge on any atom is -0.422 e. The molecule has 19 heteroatoms. The van der Waals surface area contributed by atoms with Crippen LogP contribution in [0.2, 0.25) is 0 Å². The average molecular weight is 659 g/mol. The van der Waals surface area contributed by atoms with E-state index in [0.717, 1.165) is 23.5 Å². The van der Waals surface area contributed by atoms with Crippen LogP contribution in [-0.4, -0.2) is 43.7 Å². The normalized spacial score (nSPS) is 13.7. The van der Waals surface area contributed by atoms with Crippen molar-refractivity contribution >= 4 is 42.7 Å². The van der Waals surface area contributed by atoms with Gasteiger partial charge in [0.05, 0.1) is 22.5 Å². The van der Waals surface area contributed by atoms with Crippen LogP contribution in [-0.2, 0) is 33.4 Å². The van der Waals surface area contributed by atoms with Gasteiger partial charge in [-0.1, -0.05) is 18.2 Å². The maximum atomic E-state index is 13.8. The lowest BCUT2D eigenvalue weighted by Crippen LogP contribution is -2.32. The quantitative estimate of drug-likeness (QED) is 0.0804. The standard InChI is InChI=1S/C24H18F4N6O6S3/c25-19-8-4-15(10-29-19)14-3-7-17-18(9-14)41-23(31-17)21(22-33-32-20(39-22)11-30-34-42(35)36)43(37,38)12-13-1-5-16(6-2-13)40-24(26,27)28/h1-10,21,30,34H,11-12H2,(H,35,36). The van der Waals surface area contributed by atoms with Crippen LogP contribution in [0.3, 0.4) is 0 Å². The molecule has 2 unspecified atom stereocenters. The van der Waals surface area contributed by atoms with Gasteiger partial charge >= 0.3 is 6.36 Å². The molecule has 2 aromatic carbocycles. The zero-order chi connectivity index (χ0) is 30.8. The molecule has 226 valence electrons. The highest BCUT2D eigenvalue weighted by Gasteiger charge is 2.37. The van der Waals surface area contributed by atoms with Crippen molar-refractivity contribution < 1.29 is 43.9 Å². The molecule has 0 bridgehead atoms. The average Bonchev–Trinajstić information content (AvgIpc) is 3.55. The van der Waals surface area contributed by atoms with E-state index in [1.54, 1.807) is 24.3 Å². The van der Waals surface area contributed by atoms with Crippen LogP contribution in [0.25, 0.3) is 21.3 Å². The second-order valence-electron chi connectivity index (χ2n) is 8.72. The van der Waals surface area contributed by atoms with Crippen molar-refractivity contribution in [2.75, 3.05) is 0 Å². The number of nitrogens with zero attached hydrogens (tertiary/aromatic N) is 4. The third kappa shape index (κ3) is 7.75. The molecule has 43 heavy (non-hydrogen) atoms. The Kier molecular flexibility index (Phi) is 8.81. The van der Waals surface area contributed by atoms with Crippen LogP contribution in [0.5, 0.6) is 5.75 Å². The number of hydrogen-bond acceptors (Lipinski definition) is 11. The van der Waals surface area contributed by atoms with Crippen molar-refractivity contribution in [3.8, 4) is 16.9 Å². The fraction of sp³-hybridized carbons (Fsp3) is 0.167. The van der Waals surface area contributed by atoms with Gasteiger partial charge in [-0.25, -0.2) is 28.0 Å². The Morgan fingerprint density at radius 2 is 1.81 bits per heavy atom. The first-order chi connectivity index (χ1) is 20.4. The molecule has 0 aliphatic heterocycles. The predicted molar refractivity (Wildman–Crippen MR) is 145 cm³/mol. The van der Waals surface area contributed by atoms with Crippen LogP contribution >= 0.6 is 11.3 Å². The first kappa shape index (κ1) is 30.6. The van der Waals surface area contributed by atoms with Gasteiger partial charge in [0, 0.05) is 11.8 Å². The number of fused-ring (bicyclic) bond motifs is 1. The molecule has 12 nitrogen and oxygen atoms in total. The summed E-state index contributed by atoms with van der Waals surface area (Å²) in [5.41, 5.74) is 4.26. The highest BCUT2D eigenvalue weighted by molar-refractivity contribution is 7.91. The zero-order valence-corrected chi connectivity index (χ0v) is 23.7. The van der Waals surface area contributed by atoms with E-state index < -0.39 is 50.2 Å². The number of nitrogens with one attached hydrogen (secondary N) is 2. The Morgan fingerprint density at radius 3 is 2.49 bits per heavy atom. The SMILES string of the molecule is O=S(O)NNCc1nnc(C(c2nc3ccc(-c4ccc(F)nc4)cc3s2)S(=O)(=O)Cc2ccc(OC(F)(F)F)cc2)o1. The highest BCUT2D eigenvalue weighted by Crippen LogP contribution is 2.38. The molecule has 5 aromatic rings. The molecule has 3 aromatic heterocycles. The number of halogens is 4. The van der Waals surface area contributed by atoms with Crippen LogP contribution in [0.15, 0.2) is 65.2 Å². The minimum absolute atomic E-state index is 0.0687. The minimum atomic E-state index is -4.91. The molecule has 0 spiro atoms. The zero-order valence-electron chi connectivity index (χ0n) is 21.3. The van der Waals surface area contributed by atoms with Gasteiger partial charge in [-0.3, -0.25) is 4.55 Å². The van der Waals surface area contributed by atoms with Gasteiger partial charge in [0.15, 0.2) is 15.1 Å². The van der Waals surface area contributed by atoms with E-state index in [0.29, 0.717) is 21.3 Å². The van der Waals surface area contributed by atoms with Crippen LogP contribution in [0, 0.1) is 5.95 Å². The number of pyridine rings is 1. The van der Waals surface area contributed by atoms with Crippen molar-refractivity contribution in [2.24, 2.45) is 0 Å². The third-order valence-electron chi connectivity index (χ3n) is 5.68. The van der Waals surface area contributed by atoms with Gasteiger partial charge in [0.1, 0.15) is 10.8 Å². The molecule has 0 fully saturated rings. The van der Waals surface area contributed by atoms with E-state index in [4.69, 9.17) is 8.97 Å². The Hall–Kier alpha value is -3.88. The maximum absolute atomic E-state index is 13.8. The number of thiazole rings is 1. The molecule has 0 saturated carbocycles. The monoisotopic (exact) mass is 658 g/mol. The van der Waals surface area contributed by atoms with E-state index in [2.05, 4.69) is 30.3 Å². The number of sulfone groups is 1. The van der Waals surface area contributed by atoms with Crippen molar-refractivity contribution in [1.82, 2.24) is 30.4 Å². The van der Waals surface area contributed by atoms with Gasteiger partial charge in [0.25, 0.3) is 0 Å². The topological polar surface area (TPSA) is 169 Å². The Morgan fingerprint density at radius 1 is 1.07 bits per heavy atom. The lowest BCUT2D eigenvalue weighted by Gasteiger charge is -2.13. The molecular formula is C24H18F4N6O6S3. The number of ether oxygens (including phenoxy) is 1. The Labute approximate surface area is 246 Å². The van der Waals surface area contributed by atoms with Crippen molar-refractivity contribution in [3.63, 3.8) is 0 Å². The van der Waals surface area contributed by atoms with Crippen LogP contribution in [0.1, 0.15) is 27.6 Å². The summed E-state index contributed by atoms with van der Waals surface area (Å²) in [4.78, 5) is 10.1. The summed E-state index contributed by atoms with van der Waals surface area (Å²) in [6.45, 7) is -0.234.